The molecule has 2 heterocycles. The molecule has 0 atom stereocenters. The van der Waals surface area contributed by atoms with E-state index in [9.17, 15) is 4.79 Å². The maximum absolute atomic E-state index is 12.1. The summed E-state index contributed by atoms with van der Waals surface area (Å²) < 4.78 is 0. The van der Waals surface area contributed by atoms with Crippen molar-refractivity contribution in [2.75, 3.05) is 22.5 Å². The molecule has 34 heavy (non-hydrogen) atoms. The fraction of sp³-hybridized carbons (Fsp3) is 0.0741. The van der Waals surface area contributed by atoms with Crippen molar-refractivity contribution in [3.05, 3.63) is 103 Å². The van der Waals surface area contributed by atoms with Gasteiger partial charge in [-0.15, -0.1) is 0 Å². The van der Waals surface area contributed by atoms with Crippen LogP contribution in [0.2, 0.25) is 0 Å². The summed E-state index contributed by atoms with van der Waals surface area (Å²) in [5, 5.41) is 9.07. The van der Waals surface area contributed by atoms with Crippen molar-refractivity contribution in [1.82, 2.24) is 15.0 Å². The van der Waals surface area contributed by atoms with Crippen molar-refractivity contribution in [1.29, 1.82) is 0 Å². The molecule has 2 aromatic heterocycles. The first kappa shape index (κ1) is 21.2. The van der Waals surface area contributed by atoms with E-state index in [4.69, 9.17) is 0 Å². The number of aromatic amines is 1. The Morgan fingerprint density at radius 3 is 2.21 bits per heavy atom. The smallest absolute Gasteiger partial charge is 0.323 e. The molecule has 0 spiro atoms. The van der Waals surface area contributed by atoms with E-state index in [1.165, 1.54) is 0 Å². The number of fused-ring (bicyclic) bond motifs is 1. The van der Waals surface area contributed by atoms with Crippen LogP contribution in [0.4, 0.5) is 22.0 Å². The molecule has 0 aliphatic heterocycles. The van der Waals surface area contributed by atoms with Crippen molar-refractivity contribution in [3.63, 3.8) is 0 Å². The molecule has 3 aromatic carbocycles. The van der Waals surface area contributed by atoms with Gasteiger partial charge >= 0.3 is 6.03 Å². The van der Waals surface area contributed by atoms with Gasteiger partial charge in [0.1, 0.15) is 11.8 Å². The summed E-state index contributed by atoms with van der Waals surface area (Å²) in [6.45, 7) is 0.715. The molecule has 0 aliphatic rings. The number of carbonyl (C=O) groups is 1. The number of carbonyl (C=O) groups excluding carboxylic acids is 1. The Kier molecular flexibility index (Phi) is 6.16. The van der Waals surface area contributed by atoms with Gasteiger partial charge in [0.15, 0.2) is 5.82 Å². The zero-order valence-electron chi connectivity index (χ0n) is 18.5. The van der Waals surface area contributed by atoms with Crippen LogP contribution in [0.5, 0.6) is 0 Å². The second-order valence-electron chi connectivity index (χ2n) is 7.85. The number of rotatable bonds is 7. The minimum absolute atomic E-state index is 0.269. The predicted molar refractivity (Wildman–Crippen MR) is 137 cm³/mol. The van der Waals surface area contributed by atoms with Crippen LogP contribution in [0.15, 0.2) is 97.3 Å². The predicted octanol–water partition coefficient (Wildman–Crippen LogP) is 5.92. The van der Waals surface area contributed by atoms with Gasteiger partial charge in [0.05, 0.1) is 5.52 Å². The highest BCUT2D eigenvalue weighted by Crippen LogP contribution is 2.26. The number of aromatic nitrogens is 3. The third kappa shape index (κ3) is 5.05. The monoisotopic (exact) mass is 448 g/mol. The maximum atomic E-state index is 12.1. The lowest BCUT2D eigenvalue weighted by Gasteiger charge is -2.09. The second-order valence-corrected chi connectivity index (χ2v) is 7.85. The molecular weight excluding hydrogens is 424 g/mol. The Balaban J connectivity index is 1.17. The normalized spacial score (nSPS) is 10.7. The molecule has 0 unspecified atom stereocenters. The molecule has 7 nitrogen and oxygen atoms in total. The van der Waals surface area contributed by atoms with Crippen LogP contribution in [0.3, 0.4) is 0 Å². The first-order valence-corrected chi connectivity index (χ1v) is 11.1. The van der Waals surface area contributed by atoms with E-state index in [0.29, 0.717) is 6.54 Å². The van der Waals surface area contributed by atoms with Gasteiger partial charge in [-0.2, -0.15) is 0 Å². The first-order chi connectivity index (χ1) is 16.7. The Hall–Kier alpha value is -4.65. The summed E-state index contributed by atoms with van der Waals surface area (Å²) in [7, 11) is 0. The van der Waals surface area contributed by atoms with E-state index in [1.54, 1.807) is 6.33 Å². The molecule has 5 aromatic rings. The lowest BCUT2D eigenvalue weighted by Crippen LogP contribution is -2.19. The largest absolute Gasteiger partial charge is 0.368 e. The summed E-state index contributed by atoms with van der Waals surface area (Å²) >= 11 is 0. The molecule has 168 valence electrons. The summed E-state index contributed by atoms with van der Waals surface area (Å²) in [6.07, 6.45) is 2.39. The zero-order valence-corrected chi connectivity index (χ0v) is 18.5. The van der Waals surface area contributed by atoms with Crippen LogP contribution in [-0.2, 0) is 6.42 Å². The van der Waals surface area contributed by atoms with Crippen LogP contribution in [0.1, 0.15) is 5.56 Å². The molecule has 4 N–H and O–H groups in total. The standard InChI is InChI=1S/C27H24N6O/c34-27(31-21-9-5-2-6-10-21)32-22-13-11-19(12-14-22)15-16-28-26-25-24(29-18-30-26)17-23(33-25)20-7-3-1-4-8-20/h1-14,17-18,33H,15-16H2,(H,28,29,30)(H2,31,32,34). The van der Waals surface area contributed by atoms with Gasteiger partial charge in [-0.3, -0.25) is 0 Å². The highest BCUT2D eigenvalue weighted by atomic mass is 16.2. The topological polar surface area (TPSA) is 94.7 Å². The molecule has 5 rings (SSSR count). The summed E-state index contributed by atoms with van der Waals surface area (Å²) in [5.41, 5.74) is 6.53. The van der Waals surface area contributed by atoms with Gasteiger partial charge in [0.25, 0.3) is 0 Å². The fourth-order valence-corrected chi connectivity index (χ4v) is 3.74. The van der Waals surface area contributed by atoms with Gasteiger partial charge in [0, 0.05) is 23.6 Å². The molecule has 2 amide bonds. The highest BCUT2D eigenvalue weighted by Gasteiger charge is 2.09. The minimum Gasteiger partial charge on any atom is -0.368 e. The van der Waals surface area contributed by atoms with E-state index >= 15 is 0 Å². The van der Waals surface area contributed by atoms with Crippen LogP contribution in [0.25, 0.3) is 22.3 Å². The number of benzene rings is 3. The molecule has 0 bridgehead atoms. The molecule has 0 radical (unpaired) electrons. The minimum atomic E-state index is -0.269. The van der Waals surface area contributed by atoms with Crippen LogP contribution in [0, 0.1) is 0 Å². The van der Waals surface area contributed by atoms with E-state index in [-0.39, 0.29) is 6.03 Å². The number of anilines is 3. The highest BCUT2D eigenvalue weighted by molar-refractivity contribution is 5.99. The summed E-state index contributed by atoms with van der Waals surface area (Å²) in [5.74, 6) is 0.781. The van der Waals surface area contributed by atoms with Crippen LogP contribution < -0.4 is 16.0 Å². The number of hydrogen-bond donors (Lipinski definition) is 4. The lowest BCUT2D eigenvalue weighted by molar-refractivity contribution is 0.262. The molecule has 0 saturated heterocycles. The average Bonchev–Trinajstić information content (AvgIpc) is 3.32. The van der Waals surface area contributed by atoms with Crippen molar-refractivity contribution in [2.24, 2.45) is 0 Å². The third-order valence-electron chi connectivity index (χ3n) is 5.45. The molecular formula is C27H24N6O. The Labute approximate surface area is 197 Å². The quantitative estimate of drug-likeness (QED) is 0.248. The maximum Gasteiger partial charge on any atom is 0.323 e. The Morgan fingerprint density at radius 1 is 0.794 bits per heavy atom. The third-order valence-corrected chi connectivity index (χ3v) is 5.45. The molecule has 0 fully saturated rings. The molecule has 0 aliphatic carbocycles. The lowest BCUT2D eigenvalue weighted by atomic mass is 10.1. The van der Waals surface area contributed by atoms with E-state index in [0.717, 1.165) is 51.5 Å². The van der Waals surface area contributed by atoms with Gasteiger partial charge in [-0.25, -0.2) is 14.8 Å². The van der Waals surface area contributed by atoms with Crippen molar-refractivity contribution in [2.45, 2.75) is 6.42 Å². The van der Waals surface area contributed by atoms with E-state index < -0.39 is 0 Å². The second kappa shape index (κ2) is 9.87. The number of nitrogens with one attached hydrogen (secondary N) is 4. The number of hydrogen-bond acceptors (Lipinski definition) is 4. The van der Waals surface area contributed by atoms with E-state index in [2.05, 4.69) is 43.0 Å². The Morgan fingerprint density at radius 2 is 1.47 bits per heavy atom. The average molecular weight is 449 g/mol. The number of para-hydroxylation sites is 1. The molecule has 7 heteroatoms. The van der Waals surface area contributed by atoms with E-state index in [1.807, 2.05) is 78.9 Å². The number of urea groups is 1. The SMILES string of the molecule is O=C(Nc1ccccc1)Nc1ccc(CCNc2ncnc3cc(-c4ccccc4)[nH]c23)cc1. The summed E-state index contributed by atoms with van der Waals surface area (Å²) in [6, 6.07) is 29.1. The number of amides is 2. The number of nitrogens with zero attached hydrogens (tertiary/aromatic N) is 2. The van der Waals surface area contributed by atoms with Crippen molar-refractivity contribution >= 4 is 34.3 Å². The van der Waals surface area contributed by atoms with Crippen LogP contribution >= 0.6 is 0 Å². The van der Waals surface area contributed by atoms with Gasteiger partial charge < -0.3 is 20.9 Å². The zero-order chi connectivity index (χ0) is 23.2. The van der Waals surface area contributed by atoms with Crippen molar-refractivity contribution < 1.29 is 4.79 Å². The fourth-order valence-electron chi connectivity index (χ4n) is 3.74. The number of H-pyrrole nitrogens is 1. The van der Waals surface area contributed by atoms with Crippen LogP contribution in [-0.4, -0.2) is 27.5 Å². The van der Waals surface area contributed by atoms with Crippen molar-refractivity contribution in [3.8, 4) is 11.3 Å². The summed E-state index contributed by atoms with van der Waals surface area (Å²) in [4.78, 5) is 24.4. The molecule has 0 saturated carbocycles. The van der Waals surface area contributed by atoms with Gasteiger partial charge in [-0.05, 0) is 47.9 Å². The van der Waals surface area contributed by atoms with Gasteiger partial charge in [-0.1, -0.05) is 60.7 Å². The first-order valence-electron chi connectivity index (χ1n) is 11.1. The van der Waals surface area contributed by atoms with Gasteiger partial charge in [0.2, 0.25) is 0 Å². The Bertz CT molecular complexity index is 1380.